The molecule has 0 aromatic heterocycles. The van der Waals surface area contributed by atoms with E-state index in [0.29, 0.717) is 5.75 Å². The van der Waals surface area contributed by atoms with Crippen molar-refractivity contribution in [1.29, 1.82) is 0 Å². The molecular weight excluding hydrogens is 588 g/mol. The Morgan fingerprint density at radius 1 is 0.651 bits per heavy atom. The second kappa shape index (κ2) is 15.3. The third kappa shape index (κ3) is 9.24. The number of phenolic OH excluding ortho intramolecular Hbond substituents is 1. The van der Waals surface area contributed by atoms with Crippen molar-refractivity contribution in [3.05, 3.63) is 150 Å². The minimum atomic E-state index is -1.26. The molecule has 43 heavy (non-hydrogen) atoms. The number of nitrogens with zero attached hydrogens (tertiary/aromatic N) is 1. The minimum Gasteiger partial charge on any atom is -0.507 e. The molecule has 0 heterocycles. The maximum absolute atomic E-state index is 11.2. The number of hydrogen-bond acceptors (Lipinski definition) is 2. The van der Waals surface area contributed by atoms with Gasteiger partial charge in [-0.25, -0.2) is 0 Å². The van der Waals surface area contributed by atoms with Crippen molar-refractivity contribution in [1.82, 2.24) is 0 Å². The molecule has 0 amide bonds. The molecule has 0 spiro atoms. The Kier molecular flexibility index (Phi) is 12.1. The maximum Gasteiger partial charge on any atom is 0.128 e. The molecule has 0 bridgehead atoms. The van der Waals surface area contributed by atoms with E-state index in [-0.39, 0.29) is 27.3 Å². The molecule has 0 radical (unpaired) electrons. The summed E-state index contributed by atoms with van der Waals surface area (Å²) < 4.78 is 0. The average molecular weight is 630 g/mol. The Balaban J connectivity index is 0.000000645. The van der Waals surface area contributed by atoms with Crippen LogP contribution in [0, 0.1) is 6.07 Å². The summed E-state index contributed by atoms with van der Waals surface area (Å²) in [5.41, 5.74) is 3.63. The summed E-state index contributed by atoms with van der Waals surface area (Å²) in [5, 5.41) is 15.1. The normalized spacial score (nSPS) is 11.5. The number of aliphatic imine (C=N–C) groups is 1. The van der Waals surface area contributed by atoms with Gasteiger partial charge in [0.25, 0.3) is 0 Å². The van der Waals surface area contributed by atoms with Gasteiger partial charge in [0.15, 0.2) is 0 Å². The van der Waals surface area contributed by atoms with Gasteiger partial charge in [-0.3, -0.25) is 4.99 Å². The largest absolute Gasteiger partial charge is 0.507 e. The van der Waals surface area contributed by atoms with E-state index in [1.165, 1.54) is 21.5 Å². The van der Waals surface area contributed by atoms with Crippen LogP contribution in [0.5, 0.6) is 5.75 Å². The quantitative estimate of drug-likeness (QED) is 0.0897. The van der Waals surface area contributed by atoms with Gasteiger partial charge in [-0.05, 0) is 58.9 Å². The molecule has 224 valence electrons. The number of aromatic hydroxyl groups is 1. The van der Waals surface area contributed by atoms with Gasteiger partial charge in [0.2, 0.25) is 0 Å². The van der Waals surface area contributed by atoms with Crippen LogP contribution in [0.1, 0.15) is 58.2 Å². The third-order valence-corrected chi connectivity index (χ3v) is 9.84. The zero-order valence-electron chi connectivity index (χ0n) is 25.9. The molecule has 0 fully saturated rings. The van der Waals surface area contributed by atoms with Gasteiger partial charge < -0.3 is 5.11 Å². The molecule has 2 nitrogen and oxygen atoms in total. The Morgan fingerprint density at radius 3 is 1.63 bits per heavy atom. The molecule has 4 heteroatoms. The van der Waals surface area contributed by atoms with Gasteiger partial charge >= 0.3 is 0 Å². The molecule has 5 rings (SSSR count). The van der Waals surface area contributed by atoms with Crippen LogP contribution < -0.4 is 15.9 Å². The number of para-hydroxylation sites is 1. The van der Waals surface area contributed by atoms with Crippen LogP contribution in [-0.4, -0.2) is 11.3 Å². The standard InChI is InChI=1S/C33H36NOP.C6H5.Ni/c1-32(2,3)25-21-24(31(35)28(22-25)33(4,5)6)23-34-29-19-13-14-20-30(29)36(26-15-9-7-10-16-26)27-17-11-8-12-18-27;1-2-4-6-5-3-1;/h7-23,35H,1-6H3;1-5H;/q;-1;/p+1. The van der Waals surface area contributed by atoms with Crippen molar-refractivity contribution in [3.63, 3.8) is 0 Å². The first-order valence-corrected chi connectivity index (χ1v) is 16.0. The second-order valence-corrected chi connectivity index (χ2v) is 14.9. The number of benzene rings is 5. The maximum atomic E-state index is 11.2. The molecule has 0 saturated heterocycles. The Morgan fingerprint density at radius 2 is 1.16 bits per heavy atom. The first-order valence-electron chi connectivity index (χ1n) is 14.5. The van der Waals surface area contributed by atoms with E-state index in [1.807, 2.05) is 42.6 Å². The summed E-state index contributed by atoms with van der Waals surface area (Å²) in [6, 6.07) is 46.6. The molecule has 5 aromatic rings. The number of hydrogen-bond donors (Lipinski definition) is 1. The van der Waals surface area contributed by atoms with Crippen molar-refractivity contribution in [3.8, 4) is 5.75 Å². The van der Waals surface area contributed by atoms with E-state index in [9.17, 15) is 5.11 Å². The third-order valence-electron chi connectivity index (χ3n) is 7.06. The Labute approximate surface area is 269 Å². The molecular formula is C39H42NNiOP. The van der Waals surface area contributed by atoms with Gasteiger partial charge in [0.05, 0.1) is 0 Å². The first kappa shape index (κ1) is 34.0. The van der Waals surface area contributed by atoms with Gasteiger partial charge in [-0.1, -0.05) is 96.1 Å². The van der Waals surface area contributed by atoms with Crippen molar-refractivity contribution in [2.45, 2.75) is 52.4 Å². The number of rotatable bonds is 5. The van der Waals surface area contributed by atoms with Crippen LogP contribution in [0.2, 0.25) is 0 Å². The summed E-state index contributed by atoms with van der Waals surface area (Å²) in [6.45, 7) is 13.0. The summed E-state index contributed by atoms with van der Waals surface area (Å²) in [4.78, 5) is 5.00. The predicted molar refractivity (Wildman–Crippen MR) is 185 cm³/mol. The Bertz CT molecular complexity index is 1520. The molecule has 1 N–H and O–H groups in total. The number of phenols is 1. The fraction of sp³-hybridized carbons (Fsp3) is 0.205. The summed E-state index contributed by atoms with van der Waals surface area (Å²) in [5.74, 6) is 0.313. The van der Waals surface area contributed by atoms with Crippen LogP contribution >= 0.6 is 7.92 Å². The summed E-state index contributed by atoms with van der Waals surface area (Å²) in [7, 11) is -1.26. The van der Waals surface area contributed by atoms with E-state index < -0.39 is 7.92 Å². The molecule has 0 aliphatic carbocycles. The zero-order chi connectivity index (χ0) is 30.2. The topological polar surface area (TPSA) is 32.6 Å². The second-order valence-electron chi connectivity index (χ2n) is 12.4. The van der Waals surface area contributed by atoms with E-state index in [4.69, 9.17) is 4.99 Å². The Hall–Kier alpha value is -3.51. The van der Waals surface area contributed by atoms with E-state index in [2.05, 4.69) is 139 Å². The SMILES string of the molecule is CC(C)(C)c1cc(C=Nc2ccccc2[PH+](c2ccccc2)c2ccccc2)c(O)c(C(C)(C)C)c1.[Ni].[c-]1ccccc1. The first-order chi connectivity index (χ1) is 20.1. The van der Waals surface area contributed by atoms with Crippen molar-refractivity contribution < 1.29 is 21.6 Å². The fourth-order valence-electron chi connectivity index (χ4n) is 4.73. The van der Waals surface area contributed by atoms with Crippen molar-refractivity contribution >= 4 is 35.7 Å². The van der Waals surface area contributed by atoms with Gasteiger partial charge in [0, 0.05) is 33.8 Å². The van der Waals surface area contributed by atoms with Gasteiger partial charge in [-0.2, -0.15) is 36.4 Å². The van der Waals surface area contributed by atoms with Crippen LogP contribution in [0.3, 0.4) is 0 Å². The molecule has 0 aliphatic heterocycles. The van der Waals surface area contributed by atoms with Gasteiger partial charge in [-0.15, -0.1) is 0 Å². The van der Waals surface area contributed by atoms with Crippen molar-refractivity contribution in [2.75, 3.05) is 0 Å². The van der Waals surface area contributed by atoms with E-state index in [1.54, 1.807) is 0 Å². The predicted octanol–water partition coefficient (Wildman–Crippen LogP) is 8.71. The van der Waals surface area contributed by atoms with Crippen molar-refractivity contribution in [2.24, 2.45) is 4.99 Å². The monoisotopic (exact) mass is 629 g/mol. The molecule has 0 atom stereocenters. The average Bonchev–Trinajstić information content (AvgIpc) is 2.98. The van der Waals surface area contributed by atoms with E-state index in [0.717, 1.165) is 16.8 Å². The molecule has 0 aliphatic rings. The summed E-state index contributed by atoms with van der Waals surface area (Å²) in [6.07, 6.45) is 1.84. The fourth-order valence-corrected chi connectivity index (χ4v) is 7.40. The zero-order valence-corrected chi connectivity index (χ0v) is 27.9. The molecule has 0 saturated carbocycles. The smallest absolute Gasteiger partial charge is 0.128 e. The molecule has 5 aromatic carbocycles. The van der Waals surface area contributed by atoms with Gasteiger partial charge in [0.1, 0.15) is 35.3 Å². The molecule has 0 unspecified atom stereocenters. The minimum absolute atomic E-state index is 0. The van der Waals surface area contributed by atoms with Crippen LogP contribution in [0.4, 0.5) is 5.69 Å². The van der Waals surface area contributed by atoms with Crippen LogP contribution in [-0.2, 0) is 27.3 Å². The van der Waals surface area contributed by atoms with E-state index >= 15 is 0 Å². The van der Waals surface area contributed by atoms with Crippen LogP contribution in [0.25, 0.3) is 0 Å². The van der Waals surface area contributed by atoms with Crippen LogP contribution in [0.15, 0.2) is 132 Å². The summed E-state index contributed by atoms with van der Waals surface area (Å²) >= 11 is 0.